The van der Waals surface area contributed by atoms with Crippen molar-refractivity contribution in [2.24, 2.45) is 4.99 Å². The summed E-state index contributed by atoms with van der Waals surface area (Å²) < 4.78 is 0. The Labute approximate surface area is 202 Å². The van der Waals surface area contributed by atoms with E-state index in [4.69, 9.17) is 4.99 Å². The van der Waals surface area contributed by atoms with E-state index in [1.807, 2.05) is 12.3 Å². The zero-order valence-corrected chi connectivity index (χ0v) is 20.6. The van der Waals surface area contributed by atoms with E-state index in [2.05, 4.69) is 54.0 Å². The summed E-state index contributed by atoms with van der Waals surface area (Å²) in [6, 6.07) is 6.12. The standard InChI is InChI=1S/C22H32N8.HI/c1-2-23-21(29-13-15-30(16-14-29)22-25-8-6-9-26-22)27-18-19-7-10-24-20(17-19)28-11-4-3-5-12-28;/h6-10,17H,2-5,11-16,18H2,1H3,(H,23,27);1H. The minimum absolute atomic E-state index is 0. The highest BCUT2D eigenvalue weighted by Gasteiger charge is 2.21. The molecule has 2 fully saturated rings. The third-order valence-corrected chi connectivity index (χ3v) is 5.65. The van der Waals surface area contributed by atoms with Gasteiger partial charge < -0.3 is 20.0 Å². The van der Waals surface area contributed by atoms with E-state index in [-0.39, 0.29) is 24.0 Å². The first-order chi connectivity index (χ1) is 14.8. The minimum atomic E-state index is 0. The minimum Gasteiger partial charge on any atom is -0.357 e. The molecule has 0 amide bonds. The number of piperazine rings is 1. The number of hydrogen-bond acceptors (Lipinski definition) is 6. The first kappa shape index (κ1) is 23.5. The van der Waals surface area contributed by atoms with E-state index in [0.29, 0.717) is 6.54 Å². The Morgan fingerprint density at radius 2 is 1.68 bits per heavy atom. The molecule has 8 nitrogen and oxygen atoms in total. The Kier molecular flexibility index (Phi) is 9.11. The van der Waals surface area contributed by atoms with Crippen LogP contribution in [0.2, 0.25) is 0 Å². The summed E-state index contributed by atoms with van der Waals surface area (Å²) in [5.41, 5.74) is 1.21. The van der Waals surface area contributed by atoms with Crippen LogP contribution in [0, 0.1) is 0 Å². The summed E-state index contributed by atoms with van der Waals surface area (Å²) >= 11 is 0. The maximum absolute atomic E-state index is 4.93. The maximum Gasteiger partial charge on any atom is 0.225 e. The Morgan fingerprint density at radius 3 is 2.39 bits per heavy atom. The number of hydrogen-bond donors (Lipinski definition) is 1. The zero-order chi connectivity index (χ0) is 20.6. The molecule has 2 aromatic heterocycles. The molecule has 4 rings (SSSR count). The third kappa shape index (κ3) is 6.41. The number of nitrogens with one attached hydrogen (secondary N) is 1. The second kappa shape index (κ2) is 12.0. The van der Waals surface area contributed by atoms with Gasteiger partial charge in [0.1, 0.15) is 5.82 Å². The summed E-state index contributed by atoms with van der Waals surface area (Å²) in [4.78, 5) is 25.2. The Morgan fingerprint density at radius 1 is 0.935 bits per heavy atom. The normalized spacial score (nSPS) is 17.3. The summed E-state index contributed by atoms with van der Waals surface area (Å²) in [6.45, 7) is 9.44. The van der Waals surface area contributed by atoms with Crippen molar-refractivity contribution in [2.45, 2.75) is 32.7 Å². The van der Waals surface area contributed by atoms with Crippen LogP contribution in [0.5, 0.6) is 0 Å². The molecule has 31 heavy (non-hydrogen) atoms. The SMILES string of the molecule is CCNC(=NCc1ccnc(N2CCCCC2)c1)N1CCN(c2ncccn2)CC1.I. The average Bonchev–Trinajstić information content (AvgIpc) is 2.83. The molecule has 4 heterocycles. The van der Waals surface area contributed by atoms with Gasteiger partial charge in [0.05, 0.1) is 6.54 Å². The second-order valence-corrected chi connectivity index (χ2v) is 7.76. The molecule has 2 aromatic rings. The molecule has 168 valence electrons. The number of rotatable bonds is 5. The summed E-state index contributed by atoms with van der Waals surface area (Å²) in [6.07, 6.45) is 9.36. The molecule has 0 saturated carbocycles. The molecule has 0 spiro atoms. The number of piperidine rings is 1. The Hall–Kier alpha value is -2.17. The van der Waals surface area contributed by atoms with Crippen LogP contribution in [0.15, 0.2) is 41.8 Å². The lowest BCUT2D eigenvalue weighted by atomic mass is 10.1. The predicted octanol–water partition coefficient (Wildman–Crippen LogP) is 2.77. The number of aromatic nitrogens is 3. The number of nitrogens with zero attached hydrogens (tertiary/aromatic N) is 7. The molecule has 0 radical (unpaired) electrons. The van der Waals surface area contributed by atoms with Crippen molar-refractivity contribution in [1.82, 2.24) is 25.2 Å². The molecule has 2 aliphatic rings. The second-order valence-electron chi connectivity index (χ2n) is 7.76. The first-order valence-electron chi connectivity index (χ1n) is 11.1. The molecule has 0 aliphatic carbocycles. The van der Waals surface area contributed by atoms with Gasteiger partial charge >= 0.3 is 0 Å². The third-order valence-electron chi connectivity index (χ3n) is 5.65. The summed E-state index contributed by atoms with van der Waals surface area (Å²) in [5, 5.41) is 3.46. The average molecular weight is 536 g/mol. The van der Waals surface area contributed by atoms with Gasteiger partial charge in [-0.3, -0.25) is 0 Å². The van der Waals surface area contributed by atoms with E-state index < -0.39 is 0 Å². The van der Waals surface area contributed by atoms with Crippen LogP contribution in [-0.4, -0.2) is 71.6 Å². The quantitative estimate of drug-likeness (QED) is 0.358. The highest BCUT2D eigenvalue weighted by atomic mass is 127. The monoisotopic (exact) mass is 536 g/mol. The molecule has 2 aliphatic heterocycles. The topological polar surface area (TPSA) is 72.8 Å². The first-order valence-corrected chi connectivity index (χ1v) is 11.1. The van der Waals surface area contributed by atoms with E-state index in [1.54, 1.807) is 12.4 Å². The van der Waals surface area contributed by atoms with Crippen LogP contribution in [-0.2, 0) is 6.54 Å². The largest absolute Gasteiger partial charge is 0.357 e. The lowest BCUT2D eigenvalue weighted by Gasteiger charge is -2.36. The Balaban J connectivity index is 0.00000272. The van der Waals surface area contributed by atoms with Crippen molar-refractivity contribution in [3.05, 3.63) is 42.4 Å². The molecular formula is C22H33IN8. The zero-order valence-electron chi connectivity index (χ0n) is 18.3. The Bertz CT molecular complexity index is 817. The molecule has 0 aromatic carbocycles. The summed E-state index contributed by atoms with van der Waals surface area (Å²) in [5.74, 6) is 2.87. The van der Waals surface area contributed by atoms with E-state index in [9.17, 15) is 0 Å². The van der Waals surface area contributed by atoms with E-state index >= 15 is 0 Å². The van der Waals surface area contributed by atoms with Crippen LogP contribution in [0.25, 0.3) is 0 Å². The van der Waals surface area contributed by atoms with Crippen molar-refractivity contribution in [2.75, 3.05) is 55.6 Å². The number of halogens is 1. The van der Waals surface area contributed by atoms with Gasteiger partial charge in [-0.15, -0.1) is 24.0 Å². The highest BCUT2D eigenvalue weighted by Crippen LogP contribution is 2.19. The van der Waals surface area contributed by atoms with Gasteiger partial charge in [-0.1, -0.05) is 0 Å². The van der Waals surface area contributed by atoms with Gasteiger partial charge in [-0.25, -0.2) is 19.9 Å². The van der Waals surface area contributed by atoms with Crippen LogP contribution in [0.4, 0.5) is 11.8 Å². The molecule has 0 bridgehead atoms. The van der Waals surface area contributed by atoms with Crippen LogP contribution in [0.1, 0.15) is 31.7 Å². The van der Waals surface area contributed by atoms with Gasteiger partial charge in [-0.05, 0) is 49.9 Å². The number of guanidine groups is 1. The maximum atomic E-state index is 4.93. The smallest absolute Gasteiger partial charge is 0.225 e. The molecule has 0 atom stereocenters. The number of anilines is 2. The predicted molar refractivity (Wildman–Crippen MR) is 136 cm³/mol. The number of aliphatic imine (C=N–C) groups is 1. The van der Waals surface area contributed by atoms with Crippen LogP contribution in [0.3, 0.4) is 0 Å². The van der Waals surface area contributed by atoms with Crippen molar-refractivity contribution in [1.29, 1.82) is 0 Å². The van der Waals surface area contributed by atoms with Crippen molar-refractivity contribution in [3.63, 3.8) is 0 Å². The highest BCUT2D eigenvalue weighted by molar-refractivity contribution is 14.0. The van der Waals surface area contributed by atoms with Gasteiger partial charge in [0.25, 0.3) is 0 Å². The fourth-order valence-corrected chi connectivity index (χ4v) is 4.02. The number of pyridine rings is 1. The van der Waals surface area contributed by atoms with Gasteiger partial charge in [0.2, 0.25) is 5.95 Å². The lowest BCUT2D eigenvalue weighted by Crippen LogP contribution is -2.52. The molecule has 1 N–H and O–H groups in total. The lowest BCUT2D eigenvalue weighted by molar-refractivity contribution is 0.370. The van der Waals surface area contributed by atoms with Crippen molar-refractivity contribution >= 4 is 41.7 Å². The molecule has 0 unspecified atom stereocenters. The summed E-state index contributed by atoms with van der Waals surface area (Å²) in [7, 11) is 0. The van der Waals surface area contributed by atoms with E-state index in [0.717, 1.165) is 63.5 Å². The van der Waals surface area contributed by atoms with E-state index in [1.165, 1.54) is 24.8 Å². The van der Waals surface area contributed by atoms with Gasteiger partial charge in [-0.2, -0.15) is 0 Å². The molecule has 9 heteroatoms. The van der Waals surface area contributed by atoms with Crippen molar-refractivity contribution in [3.8, 4) is 0 Å². The van der Waals surface area contributed by atoms with Crippen LogP contribution >= 0.6 is 24.0 Å². The molecule has 2 saturated heterocycles. The molecular weight excluding hydrogens is 503 g/mol. The van der Waals surface area contributed by atoms with Crippen LogP contribution < -0.4 is 15.1 Å². The van der Waals surface area contributed by atoms with Gasteiger partial charge in [0, 0.05) is 64.4 Å². The van der Waals surface area contributed by atoms with Gasteiger partial charge in [0.15, 0.2) is 5.96 Å². The fourth-order valence-electron chi connectivity index (χ4n) is 4.02. The fraction of sp³-hybridized carbons (Fsp3) is 0.545. The van der Waals surface area contributed by atoms with Crippen molar-refractivity contribution < 1.29 is 0 Å².